The van der Waals surface area contributed by atoms with Crippen molar-refractivity contribution in [1.82, 2.24) is 9.88 Å². The second kappa shape index (κ2) is 6.01. The molecule has 1 aliphatic rings. The number of hydrogen-bond donors (Lipinski definition) is 1. The van der Waals surface area contributed by atoms with Gasteiger partial charge in [-0.2, -0.15) is 0 Å². The van der Waals surface area contributed by atoms with Crippen LogP contribution in [-0.2, 0) is 6.54 Å². The molecule has 0 aliphatic carbocycles. The van der Waals surface area contributed by atoms with Gasteiger partial charge in [0.15, 0.2) is 0 Å². The minimum atomic E-state index is 0.280. The van der Waals surface area contributed by atoms with Crippen LogP contribution in [-0.4, -0.2) is 34.7 Å². The lowest BCUT2D eigenvalue weighted by Crippen LogP contribution is -2.20. The summed E-state index contributed by atoms with van der Waals surface area (Å²) >= 11 is 11.8. The van der Waals surface area contributed by atoms with E-state index >= 15 is 0 Å². The predicted molar refractivity (Wildman–Crippen MR) is 69.3 cm³/mol. The first kappa shape index (κ1) is 13.1. The van der Waals surface area contributed by atoms with Gasteiger partial charge in [0.1, 0.15) is 10.3 Å². The maximum atomic E-state index is 8.91. The molecule has 0 amide bonds. The Kier molecular flexibility index (Phi) is 4.62. The first-order valence-electron chi connectivity index (χ1n) is 5.83. The Morgan fingerprint density at radius 3 is 2.94 bits per heavy atom. The van der Waals surface area contributed by atoms with E-state index in [1.165, 1.54) is 0 Å². The van der Waals surface area contributed by atoms with Crippen molar-refractivity contribution in [3.05, 3.63) is 28.0 Å². The van der Waals surface area contributed by atoms with Crippen molar-refractivity contribution in [2.45, 2.75) is 19.4 Å². The fraction of sp³-hybridized carbons (Fsp3) is 0.583. The molecule has 1 saturated heterocycles. The second-order valence-electron chi connectivity index (χ2n) is 4.49. The van der Waals surface area contributed by atoms with Crippen LogP contribution in [0.3, 0.4) is 0 Å². The average molecular weight is 275 g/mol. The van der Waals surface area contributed by atoms with Crippen molar-refractivity contribution >= 4 is 23.2 Å². The van der Waals surface area contributed by atoms with Crippen molar-refractivity contribution in [3.8, 4) is 0 Å². The number of nitrogens with zero attached hydrogens (tertiary/aromatic N) is 2. The normalized spacial score (nSPS) is 21.0. The molecule has 1 aromatic heterocycles. The van der Waals surface area contributed by atoms with Gasteiger partial charge in [-0.25, -0.2) is 4.98 Å². The number of aliphatic hydroxyl groups is 1. The van der Waals surface area contributed by atoms with E-state index in [0.717, 1.165) is 38.0 Å². The van der Waals surface area contributed by atoms with Gasteiger partial charge in [0.2, 0.25) is 0 Å². The molecule has 1 N–H and O–H groups in total. The highest BCUT2D eigenvalue weighted by atomic mass is 35.5. The largest absolute Gasteiger partial charge is 0.396 e. The molecule has 0 spiro atoms. The fourth-order valence-corrected chi connectivity index (χ4v) is 2.68. The quantitative estimate of drug-likeness (QED) is 0.858. The van der Waals surface area contributed by atoms with Crippen molar-refractivity contribution in [1.29, 1.82) is 0 Å². The number of aromatic nitrogens is 1. The topological polar surface area (TPSA) is 36.4 Å². The highest BCUT2D eigenvalue weighted by Crippen LogP contribution is 2.24. The van der Waals surface area contributed by atoms with Gasteiger partial charge in [0, 0.05) is 25.3 Å². The summed E-state index contributed by atoms with van der Waals surface area (Å²) in [6.07, 6.45) is 2.04. The number of halogens is 2. The third-order valence-electron chi connectivity index (χ3n) is 3.19. The molecule has 0 bridgehead atoms. The van der Waals surface area contributed by atoms with Crippen LogP contribution in [0.5, 0.6) is 0 Å². The molecule has 5 heteroatoms. The van der Waals surface area contributed by atoms with E-state index in [0.29, 0.717) is 16.2 Å². The predicted octanol–water partition coefficient (Wildman–Crippen LogP) is 2.59. The van der Waals surface area contributed by atoms with E-state index in [9.17, 15) is 0 Å². The smallest absolute Gasteiger partial charge is 0.135 e. The zero-order chi connectivity index (χ0) is 12.3. The van der Waals surface area contributed by atoms with E-state index in [1.807, 2.05) is 6.07 Å². The first-order chi connectivity index (χ1) is 8.19. The minimum absolute atomic E-state index is 0.280. The van der Waals surface area contributed by atoms with Crippen LogP contribution < -0.4 is 0 Å². The SMILES string of the molecule is OCCC1CCN(Cc2ccc(Cl)nc2Cl)C1. The molecular formula is C12H16Cl2N2O. The first-order valence-corrected chi connectivity index (χ1v) is 6.58. The minimum Gasteiger partial charge on any atom is -0.396 e. The molecule has 17 heavy (non-hydrogen) atoms. The summed E-state index contributed by atoms with van der Waals surface area (Å²) < 4.78 is 0. The molecule has 1 unspecified atom stereocenters. The second-order valence-corrected chi connectivity index (χ2v) is 5.23. The number of hydrogen-bond acceptors (Lipinski definition) is 3. The summed E-state index contributed by atoms with van der Waals surface area (Å²) in [4.78, 5) is 6.38. The highest BCUT2D eigenvalue weighted by Gasteiger charge is 2.22. The van der Waals surface area contributed by atoms with Crippen molar-refractivity contribution in [2.75, 3.05) is 19.7 Å². The summed E-state index contributed by atoms with van der Waals surface area (Å²) in [5.41, 5.74) is 1.01. The lowest BCUT2D eigenvalue weighted by Gasteiger charge is -2.16. The molecule has 1 aromatic rings. The molecule has 94 valence electrons. The van der Waals surface area contributed by atoms with Gasteiger partial charge < -0.3 is 5.11 Å². The Labute approximate surface area is 111 Å². The number of rotatable bonds is 4. The average Bonchev–Trinajstić information content (AvgIpc) is 2.71. The summed E-state index contributed by atoms with van der Waals surface area (Å²) in [5.74, 6) is 0.610. The molecule has 2 rings (SSSR count). The molecule has 0 aromatic carbocycles. The van der Waals surface area contributed by atoms with Gasteiger partial charge in [0.25, 0.3) is 0 Å². The summed E-state index contributed by atoms with van der Waals surface area (Å²) in [6, 6.07) is 3.70. The van der Waals surface area contributed by atoms with Gasteiger partial charge in [-0.15, -0.1) is 0 Å². The van der Waals surface area contributed by atoms with E-state index < -0.39 is 0 Å². The van der Waals surface area contributed by atoms with Crippen molar-refractivity contribution in [3.63, 3.8) is 0 Å². The van der Waals surface area contributed by atoms with Gasteiger partial charge in [-0.3, -0.25) is 4.90 Å². The van der Waals surface area contributed by atoms with Crippen LogP contribution in [0.2, 0.25) is 10.3 Å². The van der Waals surface area contributed by atoms with Crippen LogP contribution >= 0.6 is 23.2 Å². The van der Waals surface area contributed by atoms with E-state index in [1.54, 1.807) is 6.07 Å². The van der Waals surface area contributed by atoms with Crippen LogP contribution in [0, 0.1) is 5.92 Å². The lowest BCUT2D eigenvalue weighted by molar-refractivity contribution is 0.249. The Morgan fingerprint density at radius 1 is 1.41 bits per heavy atom. The third-order valence-corrected chi connectivity index (χ3v) is 3.73. The molecule has 1 fully saturated rings. The van der Waals surface area contributed by atoms with Crippen LogP contribution in [0.4, 0.5) is 0 Å². The number of aliphatic hydroxyl groups excluding tert-OH is 1. The molecule has 0 radical (unpaired) electrons. The summed E-state index contributed by atoms with van der Waals surface area (Å²) in [6.45, 7) is 3.18. The maximum absolute atomic E-state index is 8.91. The zero-order valence-corrected chi connectivity index (χ0v) is 11.1. The van der Waals surface area contributed by atoms with E-state index in [-0.39, 0.29) is 6.61 Å². The van der Waals surface area contributed by atoms with Crippen LogP contribution in [0.25, 0.3) is 0 Å². The Morgan fingerprint density at radius 2 is 2.24 bits per heavy atom. The third kappa shape index (κ3) is 3.55. The van der Waals surface area contributed by atoms with Crippen LogP contribution in [0.15, 0.2) is 12.1 Å². The van der Waals surface area contributed by atoms with E-state index in [4.69, 9.17) is 28.3 Å². The Balaban J connectivity index is 1.93. The highest BCUT2D eigenvalue weighted by molar-refractivity contribution is 6.32. The molecule has 3 nitrogen and oxygen atoms in total. The lowest BCUT2D eigenvalue weighted by atomic mass is 10.1. The molecule has 1 aliphatic heterocycles. The number of pyridine rings is 1. The summed E-state index contributed by atoms with van der Waals surface area (Å²) in [7, 11) is 0. The molecule has 0 saturated carbocycles. The van der Waals surface area contributed by atoms with Gasteiger partial charge >= 0.3 is 0 Å². The van der Waals surface area contributed by atoms with Gasteiger partial charge in [-0.05, 0) is 31.4 Å². The van der Waals surface area contributed by atoms with E-state index in [2.05, 4.69) is 9.88 Å². The summed E-state index contributed by atoms with van der Waals surface area (Å²) in [5, 5.41) is 9.83. The Bertz CT molecular complexity index is 387. The molecule has 2 heterocycles. The number of likely N-dealkylation sites (tertiary alicyclic amines) is 1. The van der Waals surface area contributed by atoms with Gasteiger partial charge in [0.05, 0.1) is 0 Å². The molecular weight excluding hydrogens is 259 g/mol. The fourth-order valence-electron chi connectivity index (χ4n) is 2.27. The molecule has 1 atom stereocenters. The maximum Gasteiger partial charge on any atom is 0.135 e. The Hall–Kier alpha value is -0.350. The standard InChI is InChI=1S/C12H16Cl2N2O/c13-11-2-1-10(12(14)15-11)8-16-5-3-9(7-16)4-6-17/h1-2,9,17H,3-8H2. The van der Waals surface area contributed by atoms with Crippen molar-refractivity contribution in [2.24, 2.45) is 5.92 Å². The van der Waals surface area contributed by atoms with Crippen LogP contribution in [0.1, 0.15) is 18.4 Å². The zero-order valence-electron chi connectivity index (χ0n) is 9.57. The van der Waals surface area contributed by atoms with Gasteiger partial charge in [-0.1, -0.05) is 29.3 Å². The monoisotopic (exact) mass is 274 g/mol. The van der Waals surface area contributed by atoms with Crippen molar-refractivity contribution < 1.29 is 5.11 Å².